The van der Waals surface area contributed by atoms with Gasteiger partial charge in [-0.25, -0.2) is 0 Å². The summed E-state index contributed by atoms with van der Waals surface area (Å²) in [5.74, 6) is 1.02. The average Bonchev–Trinajstić information content (AvgIpc) is 2.71. The van der Waals surface area contributed by atoms with Crippen LogP contribution in [0.2, 0.25) is 0 Å². The lowest BCUT2D eigenvalue weighted by Crippen LogP contribution is -2.54. The Morgan fingerprint density at radius 3 is 1.38 bits per heavy atom. The van der Waals surface area contributed by atoms with Crippen LogP contribution in [0.5, 0.6) is 11.5 Å². The number of ether oxygens (including phenoxy) is 2. The Kier molecular flexibility index (Phi) is 8.14. The first kappa shape index (κ1) is 23.6. The Morgan fingerprint density at radius 1 is 0.688 bits per heavy atom. The van der Waals surface area contributed by atoms with Crippen LogP contribution in [0.25, 0.3) is 0 Å². The van der Waals surface area contributed by atoms with Crippen molar-refractivity contribution in [2.75, 3.05) is 13.2 Å². The van der Waals surface area contributed by atoms with Crippen LogP contribution in [0, 0.1) is 27.7 Å². The molecule has 0 aliphatic heterocycles. The summed E-state index contributed by atoms with van der Waals surface area (Å²) in [6.45, 7) is 7.90. The maximum absolute atomic E-state index is 12.5. The van der Waals surface area contributed by atoms with Crippen LogP contribution in [-0.4, -0.2) is 37.1 Å². The Morgan fingerprint density at radius 2 is 1.03 bits per heavy atom. The maximum Gasteiger partial charge on any atom is 0.258 e. The van der Waals surface area contributed by atoms with Gasteiger partial charge < -0.3 is 20.1 Å². The number of nitrogens with one attached hydrogen (secondary N) is 2. The van der Waals surface area contributed by atoms with Crippen molar-refractivity contribution in [3.63, 3.8) is 0 Å². The molecule has 1 aliphatic rings. The second-order valence-corrected chi connectivity index (χ2v) is 8.86. The average molecular weight is 439 g/mol. The number of carbonyl (C=O) groups is 2. The van der Waals surface area contributed by atoms with Gasteiger partial charge in [-0.15, -0.1) is 0 Å². The summed E-state index contributed by atoms with van der Waals surface area (Å²) >= 11 is 0. The highest BCUT2D eigenvalue weighted by Crippen LogP contribution is 2.20. The molecule has 0 saturated heterocycles. The molecule has 0 radical (unpaired) electrons. The van der Waals surface area contributed by atoms with Gasteiger partial charge in [-0.05, 0) is 87.1 Å². The number of carbonyl (C=O) groups excluding carboxylic acids is 2. The van der Waals surface area contributed by atoms with Gasteiger partial charge in [0.05, 0.1) is 0 Å². The van der Waals surface area contributed by atoms with Crippen molar-refractivity contribution in [2.24, 2.45) is 0 Å². The molecule has 2 atom stereocenters. The van der Waals surface area contributed by atoms with Crippen LogP contribution in [0.1, 0.15) is 47.9 Å². The molecule has 172 valence electrons. The minimum atomic E-state index is -0.179. The summed E-state index contributed by atoms with van der Waals surface area (Å²) in [7, 11) is 0. The SMILES string of the molecule is Cc1cc(C)cc(OCC(=O)N[C@H]2CCCC[C@@H]2NC(=O)COc2cc(C)cc(C)c2)c1. The van der Waals surface area contributed by atoms with Crippen molar-refractivity contribution in [2.45, 2.75) is 65.5 Å². The lowest BCUT2D eigenvalue weighted by molar-refractivity contribution is -0.127. The molecule has 2 aromatic rings. The van der Waals surface area contributed by atoms with Gasteiger partial charge >= 0.3 is 0 Å². The summed E-state index contributed by atoms with van der Waals surface area (Å²) in [5, 5.41) is 6.09. The number of rotatable bonds is 8. The smallest absolute Gasteiger partial charge is 0.258 e. The normalized spacial score (nSPS) is 18.0. The van der Waals surface area contributed by atoms with E-state index in [4.69, 9.17) is 9.47 Å². The molecule has 2 aromatic carbocycles. The van der Waals surface area contributed by atoms with E-state index in [2.05, 4.69) is 22.8 Å². The maximum atomic E-state index is 12.5. The molecule has 6 nitrogen and oxygen atoms in total. The third-order valence-electron chi connectivity index (χ3n) is 5.59. The number of aryl methyl sites for hydroxylation is 4. The molecule has 0 bridgehead atoms. The van der Waals surface area contributed by atoms with Crippen molar-refractivity contribution in [1.29, 1.82) is 0 Å². The van der Waals surface area contributed by atoms with Crippen molar-refractivity contribution < 1.29 is 19.1 Å². The third kappa shape index (κ3) is 7.29. The van der Waals surface area contributed by atoms with E-state index in [1.54, 1.807) is 0 Å². The van der Waals surface area contributed by atoms with E-state index in [9.17, 15) is 9.59 Å². The first-order valence-electron chi connectivity index (χ1n) is 11.3. The Hall–Kier alpha value is -3.02. The van der Waals surface area contributed by atoms with Crippen molar-refractivity contribution in [1.82, 2.24) is 10.6 Å². The highest BCUT2D eigenvalue weighted by Gasteiger charge is 2.28. The van der Waals surface area contributed by atoms with Crippen molar-refractivity contribution >= 4 is 11.8 Å². The van der Waals surface area contributed by atoms with E-state index in [1.165, 1.54) is 0 Å². The molecule has 0 unspecified atom stereocenters. The fraction of sp³-hybridized carbons (Fsp3) is 0.462. The van der Waals surface area contributed by atoms with Crippen molar-refractivity contribution in [3.8, 4) is 11.5 Å². The Labute approximate surface area is 190 Å². The fourth-order valence-electron chi connectivity index (χ4n) is 4.30. The molecule has 3 rings (SSSR count). The summed E-state index contributed by atoms with van der Waals surface area (Å²) < 4.78 is 11.3. The molecule has 2 amide bonds. The summed E-state index contributed by atoms with van der Waals surface area (Å²) in [6.07, 6.45) is 3.71. The molecule has 1 fully saturated rings. The summed E-state index contributed by atoms with van der Waals surface area (Å²) in [4.78, 5) is 25.0. The van der Waals surface area contributed by atoms with Crippen LogP contribution in [0.15, 0.2) is 36.4 Å². The predicted octanol–water partition coefficient (Wildman–Crippen LogP) is 3.92. The monoisotopic (exact) mass is 438 g/mol. The van der Waals surface area contributed by atoms with Gasteiger partial charge in [0.1, 0.15) is 11.5 Å². The molecule has 1 saturated carbocycles. The molecule has 0 aromatic heterocycles. The topological polar surface area (TPSA) is 76.7 Å². The first-order chi connectivity index (χ1) is 15.3. The van der Waals surface area contributed by atoms with Gasteiger partial charge in [-0.3, -0.25) is 9.59 Å². The molecule has 1 aliphatic carbocycles. The molecule has 32 heavy (non-hydrogen) atoms. The Balaban J connectivity index is 1.48. The highest BCUT2D eigenvalue weighted by atomic mass is 16.5. The minimum absolute atomic E-state index is 0.0458. The quantitative estimate of drug-likeness (QED) is 0.655. The van der Waals surface area contributed by atoms with Gasteiger partial charge in [0.15, 0.2) is 13.2 Å². The lowest BCUT2D eigenvalue weighted by Gasteiger charge is -2.32. The van der Waals surface area contributed by atoms with Gasteiger partial charge in [0.25, 0.3) is 11.8 Å². The zero-order valence-electron chi connectivity index (χ0n) is 19.5. The van der Waals surface area contributed by atoms with E-state index in [-0.39, 0.29) is 37.1 Å². The molecule has 0 heterocycles. The summed E-state index contributed by atoms with van der Waals surface area (Å²) in [6, 6.07) is 11.6. The van der Waals surface area contributed by atoms with E-state index in [0.717, 1.165) is 47.9 Å². The van der Waals surface area contributed by atoms with Gasteiger partial charge in [0.2, 0.25) is 0 Å². The third-order valence-corrected chi connectivity index (χ3v) is 5.59. The Bertz CT molecular complexity index is 839. The zero-order valence-corrected chi connectivity index (χ0v) is 19.5. The second-order valence-electron chi connectivity index (χ2n) is 8.86. The standard InChI is InChI=1S/C26H34N2O4/c1-17-9-18(2)12-21(11-17)31-15-25(29)27-23-7-5-6-8-24(23)28-26(30)16-32-22-13-19(3)10-20(4)14-22/h9-14,23-24H,5-8,15-16H2,1-4H3,(H,27,29)(H,28,30)/t23-,24-/m0/s1. The molecular formula is C26H34N2O4. The summed E-state index contributed by atoms with van der Waals surface area (Å²) in [5.41, 5.74) is 4.38. The second kappa shape index (κ2) is 11.0. The van der Waals surface area contributed by atoms with Gasteiger partial charge in [0, 0.05) is 12.1 Å². The first-order valence-corrected chi connectivity index (χ1v) is 11.3. The van der Waals surface area contributed by atoms with E-state index in [1.807, 2.05) is 52.0 Å². The van der Waals surface area contributed by atoms with Crippen LogP contribution >= 0.6 is 0 Å². The molecule has 0 spiro atoms. The minimum Gasteiger partial charge on any atom is -0.484 e. The fourth-order valence-corrected chi connectivity index (χ4v) is 4.30. The predicted molar refractivity (Wildman–Crippen MR) is 125 cm³/mol. The zero-order chi connectivity index (χ0) is 23.1. The van der Waals surface area contributed by atoms with E-state index >= 15 is 0 Å². The van der Waals surface area contributed by atoms with Crippen LogP contribution < -0.4 is 20.1 Å². The lowest BCUT2D eigenvalue weighted by atomic mass is 9.90. The van der Waals surface area contributed by atoms with Gasteiger partial charge in [-0.2, -0.15) is 0 Å². The van der Waals surface area contributed by atoms with Crippen molar-refractivity contribution in [3.05, 3.63) is 58.7 Å². The molecule has 6 heteroatoms. The highest BCUT2D eigenvalue weighted by molar-refractivity contribution is 5.79. The largest absolute Gasteiger partial charge is 0.484 e. The number of hydrogen-bond acceptors (Lipinski definition) is 4. The molecular weight excluding hydrogens is 404 g/mol. The van der Waals surface area contributed by atoms with Crippen LogP contribution in [0.4, 0.5) is 0 Å². The van der Waals surface area contributed by atoms with E-state index < -0.39 is 0 Å². The number of amides is 2. The van der Waals surface area contributed by atoms with Crippen LogP contribution in [-0.2, 0) is 9.59 Å². The van der Waals surface area contributed by atoms with Crippen LogP contribution in [0.3, 0.4) is 0 Å². The number of benzene rings is 2. The van der Waals surface area contributed by atoms with Gasteiger partial charge in [-0.1, -0.05) is 25.0 Å². The molecule has 2 N–H and O–H groups in total. The van der Waals surface area contributed by atoms with E-state index in [0.29, 0.717) is 11.5 Å². The number of hydrogen-bond donors (Lipinski definition) is 2.